The van der Waals surface area contributed by atoms with E-state index >= 15 is 0 Å². The first-order valence-corrected chi connectivity index (χ1v) is 9.15. The van der Waals surface area contributed by atoms with Gasteiger partial charge in [0.25, 0.3) is 5.91 Å². The Balaban J connectivity index is 1.45. The lowest BCUT2D eigenvalue weighted by molar-refractivity contribution is -0.116. The first-order valence-electron chi connectivity index (χ1n) is 8.77. The number of morpholine rings is 1. The van der Waals surface area contributed by atoms with Crippen molar-refractivity contribution in [3.8, 4) is 5.75 Å². The van der Waals surface area contributed by atoms with Gasteiger partial charge in [-0.05, 0) is 48.5 Å². The predicted octanol–water partition coefficient (Wildman–Crippen LogP) is 3.22. The number of hydrogen-bond acceptors (Lipinski definition) is 4. The molecule has 1 N–H and O–H groups in total. The molecule has 3 rings (SSSR count). The van der Waals surface area contributed by atoms with Gasteiger partial charge in [0, 0.05) is 29.4 Å². The highest BCUT2D eigenvalue weighted by Gasteiger charge is 2.18. The van der Waals surface area contributed by atoms with Crippen LogP contribution in [0.4, 0.5) is 5.69 Å². The van der Waals surface area contributed by atoms with Crippen molar-refractivity contribution in [3.63, 3.8) is 0 Å². The van der Waals surface area contributed by atoms with Crippen LogP contribution in [-0.4, -0.2) is 49.6 Å². The Morgan fingerprint density at radius 3 is 2.37 bits per heavy atom. The second-order valence-electron chi connectivity index (χ2n) is 6.08. The van der Waals surface area contributed by atoms with Crippen molar-refractivity contribution in [2.45, 2.75) is 6.42 Å². The fourth-order valence-electron chi connectivity index (χ4n) is 2.66. The molecule has 1 saturated heterocycles. The van der Waals surface area contributed by atoms with Gasteiger partial charge in [-0.1, -0.05) is 11.6 Å². The topological polar surface area (TPSA) is 67.9 Å². The van der Waals surface area contributed by atoms with Crippen molar-refractivity contribution >= 4 is 29.1 Å². The highest BCUT2D eigenvalue weighted by Crippen LogP contribution is 2.16. The smallest absolute Gasteiger partial charge is 0.254 e. The predicted molar refractivity (Wildman–Crippen MR) is 103 cm³/mol. The van der Waals surface area contributed by atoms with E-state index in [-0.39, 0.29) is 24.8 Å². The minimum Gasteiger partial charge on any atom is -0.493 e. The second kappa shape index (κ2) is 9.39. The van der Waals surface area contributed by atoms with E-state index in [0.717, 1.165) is 0 Å². The molecule has 1 aliphatic rings. The molecule has 0 atom stereocenters. The number of rotatable bonds is 6. The van der Waals surface area contributed by atoms with Crippen LogP contribution in [0.5, 0.6) is 5.75 Å². The molecular weight excluding hydrogens is 368 g/mol. The van der Waals surface area contributed by atoms with Gasteiger partial charge in [0.1, 0.15) is 5.75 Å². The van der Waals surface area contributed by atoms with Gasteiger partial charge in [0.05, 0.1) is 26.2 Å². The zero-order valence-electron chi connectivity index (χ0n) is 14.8. The number of halogens is 1. The van der Waals surface area contributed by atoms with Gasteiger partial charge >= 0.3 is 0 Å². The zero-order chi connectivity index (χ0) is 19.1. The summed E-state index contributed by atoms with van der Waals surface area (Å²) in [7, 11) is 0. The van der Waals surface area contributed by atoms with Gasteiger partial charge in [-0.3, -0.25) is 9.59 Å². The summed E-state index contributed by atoms with van der Waals surface area (Å²) in [6, 6.07) is 13.9. The lowest BCUT2D eigenvalue weighted by Crippen LogP contribution is -2.40. The molecule has 1 aliphatic heterocycles. The molecule has 0 saturated carbocycles. The molecule has 6 nitrogen and oxygen atoms in total. The van der Waals surface area contributed by atoms with Crippen LogP contribution in [-0.2, 0) is 9.53 Å². The number of benzene rings is 2. The van der Waals surface area contributed by atoms with Gasteiger partial charge in [-0.25, -0.2) is 0 Å². The monoisotopic (exact) mass is 388 g/mol. The summed E-state index contributed by atoms with van der Waals surface area (Å²) in [5, 5.41) is 3.43. The van der Waals surface area contributed by atoms with Crippen molar-refractivity contribution in [1.29, 1.82) is 0 Å². The summed E-state index contributed by atoms with van der Waals surface area (Å²) in [6.07, 6.45) is 0.219. The third-order valence-electron chi connectivity index (χ3n) is 4.13. The first kappa shape index (κ1) is 19.2. The lowest BCUT2D eigenvalue weighted by Gasteiger charge is -2.26. The maximum atomic E-state index is 12.4. The third-order valence-corrected chi connectivity index (χ3v) is 4.38. The van der Waals surface area contributed by atoms with Crippen LogP contribution in [0.15, 0.2) is 48.5 Å². The molecule has 0 spiro atoms. The van der Waals surface area contributed by atoms with Crippen LogP contribution in [0.1, 0.15) is 16.8 Å². The number of amides is 2. The van der Waals surface area contributed by atoms with Crippen LogP contribution in [0.25, 0.3) is 0 Å². The molecule has 27 heavy (non-hydrogen) atoms. The highest BCUT2D eigenvalue weighted by molar-refractivity contribution is 6.30. The Kier molecular flexibility index (Phi) is 6.68. The summed E-state index contributed by atoms with van der Waals surface area (Å²) in [4.78, 5) is 26.2. The summed E-state index contributed by atoms with van der Waals surface area (Å²) in [5.41, 5.74) is 1.24. The Bertz CT molecular complexity index is 772. The van der Waals surface area contributed by atoms with Crippen molar-refractivity contribution in [2.24, 2.45) is 0 Å². The summed E-state index contributed by atoms with van der Waals surface area (Å²) in [6.45, 7) is 2.60. The Morgan fingerprint density at radius 1 is 1.04 bits per heavy atom. The third kappa shape index (κ3) is 5.70. The molecule has 0 radical (unpaired) electrons. The molecule has 0 aliphatic carbocycles. The van der Waals surface area contributed by atoms with Crippen molar-refractivity contribution in [3.05, 3.63) is 59.1 Å². The van der Waals surface area contributed by atoms with Gasteiger partial charge in [0.2, 0.25) is 5.91 Å². The fraction of sp³-hybridized carbons (Fsp3) is 0.300. The van der Waals surface area contributed by atoms with E-state index in [0.29, 0.717) is 48.3 Å². The van der Waals surface area contributed by atoms with E-state index in [1.165, 1.54) is 0 Å². The number of anilines is 1. The van der Waals surface area contributed by atoms with Crippen LogP contribution in [0.3, 0.4) is 0 Å². The van der Waals surface area contributed by atoms with Gasteiger partial charge < -0.3 is 19.7 Å². The summed E-state index contributed by atoms with van der Waals surface area (Å²) in [5.74, 6) is 0.488. The van der Waals surface area contributed by atoms with E-state index in [2.05, 4.69) is 5.32 Å². The molecule has 142 valence electrons. The first-order chi connectivity index (χ1) is 13.1. The SMILES string of the molecule is O=C(CCOc1ccc(Cl)cc1)Nc1ccc(C(=O)N2CCOCC2)cc1. The van der Waals surface area contributed by atoms with Gasteiger partial charge in [0.15, 0.2) is 0 Å². The highest BCUT2D eigenvalue weighted by atomic mass is 35.5. The average molecular weight is 389 g/mol. The second-order valence-corrected chi connectivity index (χ2v) is 6.52. The number of hydrogen-bond donors (Lipinski definition) is 1. The lowest BCUT2D eigenvalue weighted by atomic mass is 10.1. The van der Waals surface area contributed by atoms with Crippen LogP contribution in [0.2, 0.25) is 5.02 Å². The summed E-state index contributed by atoms with van der Waals surface area (Å²) < 4.78 is 10.8. The number of ether oxygens (including phenoxy) is 2. The van der Waals surface area contributed by atoms with Crippen LogP contribution < -0.4 is 10.1 Å². The number of nitrogens with one attached hydrogen (secondary N) is 1. The van der Waals surface area contributed by atoms with E-state index < -0.39 is 0 Å². The van der Waals surface area contributed by atoms with Crippen molar-refractivity contribution in [2.75, 3.05) is 38.2 Å². The molecule has 0 bridgehead atoms. The van der Waals surface area contributed by atoms with Gasteiger partial charge in [-0.2, -0.15) is 0 Å². The van der Waals surface area contributed by atoms with Crippen LogP contribution >= 0.6 is 11.6 Å². The normalized spacial score (nSPS) is 13.9. The zero-order valence-corrected chi connectivity index (χ0v) is 15.6. The maximum Gasteiger partial charge on any atom is 0.254 e. The van der Waals surface area contributed by atoms with Crippen molar-refractivity contribution in [1.82, 2.24) is 4.90 Å². The molecule has 1 fully saturated rings. The Hall–Kier alpha value is -2.57. The number of carbonyl (C=O) groups excluding carboxylic acids is 2. The molecule has 2 amide bonds. The fourth-order valence-corrected chi connectivity index (χ4v) is 2.79. The maximum absolute atomic E-state index is 12.4. The molecular formula is C20H21ClN2O4. The minimum absolute atomic E-state index is 0.0208. The molecule has 0 unspecified atom stereocenters. The number of carbonyl (C=O) groups is 2. The largest absolute Gasteiger partial charge is 0.493 e. The van der Waals surface area contributed by atoms with Crippen LogP contribution in [0, 0.1) is 0 Å². The van der Waals surface area contributed by atoms with E-state index in [1.807, 2.05) is 0 Å². The van der Waals surface area contributed by atoms with Gasteiger partial charge in [-0.15, -0.1) is 0 Å². The standard InChI is InChI=1S/C20H21ClN2O4/c21-16-3-7-18(8-4-16)27-12-9-19(24)22-17-5-1-15(2-6-17)20(25)23-10-13-26-14-11-23/h1-8H,9-14H2,(H,22,24). The minimum atomic E-state index is -0.156. The number of nitrogens with zero attached hydrogens (tertiary/aromatic N) is 1. The Labute approximate surface area is 163 Å². The quantitative estimate of drug-likeness (QED) is 0.825. The Morgan fingerprint density at radius 2 is 1.70 bits per heavy atom. The van der Waals surface area contributed by atoms with E-state index in [1.54, 1.807) is 53.4 Å². The summed E-state index contributed by atoms with van der Waals surface area (Å²) >= 11 is 5.81. The molecule has 1 heterocycles. The molecule has 7 heteroatoms. The van der Waals surface area contributed by atoms with E-state index in [9.17, 15) is 9.59 Å². The molecule has 0 aromatic heterocycles. The average Bonchev–Trinajstić information content (AvgIpc) is 2.70. The van der Waals surface area contributed by atoms with E-state index in [4.69, 9.17) is 21.1 Å². The molecule has 2 aromatic rings. The van der Waals surface area contributed by atoms with Crippen molar-refractivity contribution < 1.29 is 19.1 Å². The molecule has 2 aromatic carbocycles.